The molecule has 0 radical (unpaired) electrons. The molecular formula is C23H29N3O2. The average Bonchev–Trinajstić information content (AvgIpc) is 2.74. The Hall–Kier alpha value is -2.40. The molecule has 0 aliphatic carbocycles. The zero-order valence-corrected chi connectivity index (χ0v) is 16.6. The number of hydrogen-bond acceptors (Lipinski definition) is 3. The third-order valence-corrected chi connectivity index (χ3v) is 6.25. The van der Waals surface area contributed by atoms with E-state index in [1.165, 1.54) is 16.3 Å². The summed E-state index contributed by atoms with van der Waals surface area (Å²) in [6.45, 7) is 7.41. The Kier molecular flexibility index (Phi) is 5.62. The highest BCUT2D eigenvalue weighted by Gasteiger charge is 2.31. The van der Waals surface area contributed by atoms with Crippen LogP contribution in [0.2, 0.25) is 0 Å². The molecule has 0 N–H and O–H groups in total. The van der Waals surface area contributed by atoms with Crippen LogP contribution in [-0.4, -0.2) is 65.8 Å². The van der Waals surface area contributed by atoms with Gasteiger partial charge in [0.15, 0.2) is 0 Å². The third-order valence-electron chi connectivity index (χ3n) is 6.25. The second-order valence-corrected chi connectivity index (χ2v) is 8.02. The summed E-state index contributed by atoms with van der Waals surface area (Å²) in [5.41, 5.74) is 1.36. The predicted octanol–water partition coefficient (Wildman–Crippen LogP) is 2.74. The van der Waals surface area contributed by atoms with Crippen molar-refractivity contribution in [3.63, 3.8) is 0 Å². The molecule has 0 unspecified atom stereocenters. The number of amides is 2. The lowest BCUT2D eigenvalue weighted by atomic mass is 9.95. The molecule has 2 amide bonds. The minimum atomic E-state index is 0.0835. The molecule has 2 aliphatic rings. The van der Waals surface area contributed by atoms with Gasteiger partial charge in [0.05, 0.1) is 0 Å². The van der Waals surface area contributed by atoms with Crippen LogP contribution in [0.5, 0.6) is 0 Å². The maximum Gasteiger partial charge on any atom is 0.225 e. The van der Waals surface area contributed by atoms with Gasteiger partial charge in [0, 0.05) is 58.7 Å². The van der Waals surface area contributed by atoms with E-state index in [0.29, 0.717) is 13.1 Å². The lowest BCUT2D eigenvalue weighted by molar-refractivity contribution is -0.141. The molecule has 148 valence electrons. The van der Waals surface area contributed by atoms with Crippen LogP contribution in [0.15, 0.2) is 42.5 Å². The molecule has 0 spiro atoms. The molecule has 0 atom stereocenters. The Labute approximate surface area is 166 Å². The molecule has 2 aromatic rings. The summed E-state index contributed by atoms with van der Waals surface area (Å²) in [4.78, 5) is 30.7. The van der Waals surface area contributed by atoms with Crippen LogP contribution in [0.1, 0.15) is 25.3 Å². The van der Waals surface area contributed by atoms with Crippen LogP contribution in [0.3, 0.4) is 0 Å². The molecule has 5 nitrogen and oxygen atoms in total. The van der Waals surface area contributed by atoms with Crippen molar-refractivity contribution in [2.75, 3.05) is 39.3 Å². The number of likely N-dealkylation sites (tertiary alicyclic amines) is 1. The van der Waals surface area contributed by atoms with Gasteiger partial charge in [-0.3, -0.25) is 14.5 Å². The van der Waals surface area contributed by atoms with Gasteiger partial charge in [-0.1, -0.05) is 42.5 Å². The summed E-state index contributed by atoms with van der Waals surface area (Å²) in [5.74, 6) is 0.487. The Morgan fingerprint density at radius 1 is 0.857 bits per heavy atom. The second kappa shape index (κ2) is 8.31. The van der Waals surface area contributed by atoms with E-state index in [4.69, 9.17) is 0 Å². The highest BCUT2D eigenvalue weighted by atomic mass is 16.2. The van der Waals surface area contributed by atoms with E-state index < -0.39 is 0 Å². The van der Waals surface area contributed by atoms with Crippen molar-refractivity contribution in [2.45, 2.75) is 26.3 Å². The van der Waals surface area contributed by atoms with Gasteiger partial charge in [0.1, 0.15) is 0 Å². The molecule has 4 rings (SSSR count). The first kappa shape index (κ1) is 18.9. The molecule has 2 saturated heterocycles. The van der Waals surface area contributed by atoms with Crippen molar-refractivity contribution < 1.29 is 9.59 Å². The average molecular weight is 380 g/mol. The quantitative estimate of drug-likeness (QED) is 0.824. The highest BCUT2D eigenvalue weighted by Crippen LogP contribution is 2.23. The number of carbonyl (C=O) groups is 2. The normalized spacial score (nSPS) is 19.2. The Morgan fingerprint density at radius 3 is 2.25 bits per heavy atom. The Balaban J connectivity index is 1.31. The molecule has 0 aromatic heterocycles. The van der Waals surface area contributed by atoms with Gasteiger partial charge in [-0.05, 0) is 29.2 Å². The summed E-state index contributed by atoms with van der Waals surface area (Å²) in [6.07, 6.45) is 1.60. The van der Waals surface area contributed by atoms with E-state index in [1.54, 1.807) is 6.92 Å². The minimum Gasteiger partial charge on any atom is -0.343 e. The number of nitrogens with zero attached hydrogens (tertiary/aromatic N) is 3. The van der Waals surface area contributed by atoms with Crippen LogP contribution in [0.25, 0.3) is 10.8 Å². The van der Waals surface area contributed by atoms with Crippen LogP contribution >= 0.6 is 0 Å². The first-order valence-electron chi connectivity index (χ1n) is 10.3. The number of hydrogen-bond donors (Lipinski definition) is 0. The number of carbonyl (C=O) groups excluding carboxylic acids is 2. The summed E-state index contributed by atoms with van der Waals surface area (Å²) in [5, 5.41) is 2.60. The molecule has 28 heavy (non-hydrogen) atoms. The first-order chi connectivity index (χ1) is 13.6. The van der Waals surface area contributed by atoms with Crippen molar-refractivity contribution in [1.29, 1.82) is 0 Å². The van der Waals surface area contributed by atoms with E-state index in [1.807, 2.05) is 9.80 Å². The fourth-order valence-electron chi connectivity index (χ4n) is 4.50. The van der Waals surface area contributed by atoms with Crippen molar-refractivity contribution in [1.82, 2.24) is 14.7 Å². The van der Waals surface area contributed by atoms with E-state index in [9.17, 15) is 9.59 Å². The number of piperazine rings is 1. The number of piperidine rings is 1. The predicted molar refractivity (Wildman–Crippen MR) is 111 cm³/mol. The smallest absolute Gasteiger partial charge is 0.225 e. The Bertz CT molecular complexity index is 845. The van der Waals surface area contributed by atoms with Crippen LogP contribution in [0, 0.1) is 5.92 Å². The van der Waals surface area contributed by atoms with Gasteiger partial charge >= 0.3 is 0 Å². The van der Waals surface area contributed by atoms with E-state index >= 15 is 0 Å². The van der Waals surface area contributed by atoms with Crippen molar-refractivity contribution >= 4 is 22.6 Å². The van der Waals surface area contributed by atoms with E-state index in [-0.39, 0.29) is 17.7 Å². The number of benzene rings is 2. The van der Waals surface area contributed by atoms with Gasteiger partial charge in [-0.15, -0.1) is 0 Å². The summed E-state index contributed by atoms with van der Waals surface area (Å²) >= 11 is 0. The van der Waals surface area contributed by atoms with Gasteiger partial charge in [0.2, 0.25) is 11.8 Å². The maximum absolute atomic E-state index is 12.9. The molecule has 2 fully saturated rings. The summed E-state index contributed by atoms with van der Waals surface area (Å²) in [6, 6.07) is 15.0. The van der Waals surface area contributed by atoms with Crippen molar-refractivity contribution in [3.05, 3.63) is 48.0 Å². The maximum atomic E-state index is 12.9. The fourth-order valence-corrected chi connectivity index (χ4v) is 4.50. The standard InChI is InChI=1S/C23H29N3O2/c1-18(27)25-11-9-20(10-12-25)23(28)26-15-13-24(14-16-26)17-21-7-4-6-19-5-2-3-8-22(19)21/h2-8,20H,9-17H2,1H3. The lowest BCUT2D eigenvalue weighted by Gasteiger charge is -2.38. The molecular weight excluding hydrogens is 350 g/mol. The fraction of sp³-hybridized carbons (Fsp3) is 0.478. The van der Waals surface area contributed by atoms with Gasteiger partial charge in [-0.2, -0.15) is 0 Å². The summed E-state index contributed by atoms with van der Waals surface area (Å²) < 4.78 is 0. The van der Waals surface area contributed by atoms with E-state index in [0.717, 1.165) is 45.6 Å². The lowest BCUT2D eigenvalue weighted by Crippen LogP contribution is -2.51. The van der Waals surface area contributed by atoms with Crippen LogP contribution in [-0.2, 0) is 16.1 Å². The van der Waals surface area contributed by atoms with Crippen LogP contribution < -0.4 is 0 Å². The van der Waals surface area contributed by atoms with Gasteiger partial charge in [-0.25, -0.2) is 0 Å². The van der Waals surface area contributed by atoms with Crippen molar-refractivity contribution in [3.8, 4) is 0 Å². The van der Waals surface area contributed by atoms with Gasteiger partial charge < -0.3 is 9.80 Å². The molecule has 2 heterocycles. The Morgan fingerprint density at radius 2 is 1.54 bits per heavy atom. The zero-order chi connectivity index (χ0) is 19.5. The molecule has 0 bridgehead atoms. The minimum absolute atomic E-state index is 0.0835. The van der Waals surface area contributed by atoms with Crippen LogP contribution in [0.4, 0.5) is 0 Å². The van der Waals surface area contributed by atoms with E-state index in [2.05, 4.69) is 47.4 Å². The number of rotatable bonds is 3. The molecule has 2 aliphatic heterocycles. The largest absolute Gasteiger partial charge is 0.343 e. The molecule has 5 heteroatoms. The zero-order valence-electron chi connectivity index (χ0n) is 16.6. The highest BCUT2D eigenvalue weighted by molar-refractivity contribution is 5.85. The summed E-state index contributed by atoms with van der Waals surface area (Å²) in [7, 11) is 0. The second-order valence-electron chi connectivity index (χ2n) is 8.02. The van der Waals surface area contributed by atoms with Gasteiger partial charge in [0.25, 0.3) is 0 Å². The number of fused-ring (bicyclic) bond motifs is 1. The van der Waals surface area contributed by atoms with Crippen molar-refractivity contribution in [2.24, 2.45) is 5.92 Å². The first-order valence-corrected chi connectivity index (χ1v) is 10.3. The SMILES string of the molecule is CC(=O)N1CCC(C(=O)N2CCN(Cc3cccc4ccccc34)CC2)CC1. The monoisotopic (exact) mass is 379 g/mol. The molecule has 2 aromatic carbocycles. The topological polar surface area (TPSA) is 43.9 Å². The third kappa shape index (κ3) is 4.04. The molecule has 0 saturated carbocycles.